The highest BCUT2D eigenvalue weighted by atomic mass is 32.2. The van der Waals surface area contributed by atoms with Crippen molar-refractivity contribution < 1.29 is 26.5 Å². The average molecular weight is 343 g/mol. The van der Waals surface area contributed by atoms with Crippen molar-refractivity contribution in [2.24, 2.45) is 0 Å². The van der Waals surface area contributed by atoms with Gasteiger partial charge in [-0.3, -0.25) is 10.1 Å². The summed E-state index contributed by atoms with van der Waals surface area (Å²) < 4.78 is 61.4. The molecule has 1 heterocycles. The molecule has 1 rings (SSSR count). The lowest BCUT2D eigenvalue weighted by molar-refractivity contribution is -0.380. The van der Waals surface area contributed by atoms with E-state index in [1.165, 1.54) is 0 Å². The summed E-state index contributed by atoms with van der Waals surface area (Å²) in [4.78, 5) is 9.06. The van der Waals surface area contributed by atoms with Crippen molar-refractivity contribution in [1.82, 2.24) is 4.31 Å². The van der Waals surface area contributed by atoms with Gasteiger partial charge in [-0.25, -0.2) is 8.42 Å². The average Bonchev–Trinajstić information content (AvgIpc) is 2.83. The molecule has 1 aromatic heterocycles. The fraction of sp³-hybridized carbons (Fsp3) is 0.444. The van der Waals surface area contributed by atoms with Crippen LogP contribution in [0, 0.1) is 21.4 Å². The number of halogens is 3. The molecule has 0 spiro atoms. The molecule has 0 aliphatic heterocycles. The molecular weight excluding hydrogens is 335 g/mol. The first kappa shape index (κ1) is 17.3. The lowest BCUT2D eigenvalue weighted by Crippen LogP contribution is -2.39. The van der Waals surface area contributed by atoms with Crippen LogP contribution in [0.4, 0.5) is 18.2 Å². The Morgan fingerprint density at radius 1 is 1.48 bits per heavy atom. The van der Waals surface area contributed by atoms with Crippen LogP contribution in [0.3, 0.4) is 0 Å². The molecule has 12 heteroatoms. The van der Waals surface area contributed by atoms with Crippen LogP contribution in [0.2, 0.25) is 0 Å². The van der Waals surface area contributed by atoms with Crippen molar-refractivity contribution in [2.45, 2.75) is 17.5 Å². The third kappa shape index (κ3) is 4.66. The van der Waals surface area contributed by atoms with Gasteiger partial charge in [0.2, 0.25) is 10.0 Å². The Balaban J connectivity index is 3.13. The van der Waals surface area contributed by atoms with Crippen molar-refractivity contribution in [3.05, 3.63) is 21.6 Å². The number of hydrogen-bond acceptors (Lipinski definition) is 6. The zero-order valence-corrected chi connectivity index (χ0v) is 11.8. The highest BCUT2D eigenvalue weighted by Crippen LogP contribution is 2.29. The van der Waals surface area contributed by atoms with Gasteiger partial charge in [0.05, 0.1) is 11.0 Å². The number of alkyl halides is 3. The minimum Gasteiger partial charge on any atom is -0.258 e. The molecule has 0 radical (unpaired) electrons. The summed E-state index contributed by atoms with van der Waals surface area (Å²) >= 11 is 0.493. The summed E-state index contributed by atoms with van der Waals surface area (Å²) in [5, 5.41) is 19.3. The Labute approximate surface area is 121 Å². The van der Waals surface area contributed by atoms with Crippen LogP contribution in [-0.2, 0) is 10.0 Å². The van der Waals surface area contributed by atoms with Crippen LogP contribution >= 0.6 is 11.3 Å². The third-order valence-electron chi connectivity index (χ3n) is 2.21. The second-order valence-corrected chi connectivity index (χ2v) is 6.57. The molecular formula is C9H8F3N3O4S2. The quantitative estimate of drug-likeness (QED) is 0.581. The standard InChI is InChI=1S/C9H8F3N3O4S2/c10-9(11,12)6-14(3-1-2-13)21(18,19)7-4-8(15(16)17)20-5-7/h4-5H,1,3,6H2. The molecule has 0 N–H and O–H groups in total. The van der Waals surface area contributed by atoms with Crippen molar-refractivity contribution >= 4 is 26.4 Å². The summed E-state index contributed by atoms with van der Waals surface area (Å²) in [6.45, 7) is -2.41. The monoisotopic (exact) mass is 343 g/mol. The number of nitro groups is 1. The van der Waals surface area contributed by atoms with Gasteiger partial charge in [0.25, 0.3) is 0 Å². The van der Waals surface area contributed by atoms with E-state index in [1.54, 1.807) is 6.07 Å². The fourth-order valence-corrected chi connectivity index (χ4v) is 3.85. The number of sulfonamides is 1. The zero-order chi connectivity index (χ0) is 16.3. The lowest BCUT2D eigenvalue weighted by Gasteiger charge is -2.21. The summed E-state index contributed by atoms with van der Waals surface area (Å²) in [6, 6.07) is 2.24. The Morgan fingerprint density at radius 2 is 2.10 bits per heavy atom. The van der Waals surface area contributed by atoms with Gasteiger partial charge >= 0.3 is 11.2 Å². The Kier molecular flexibility index (Phi) is 5.26. The first-order chi connectivity index (χ1) is 9.58. The second-order valence-electron chi connectivity index (χ2n) is 3.74. The van der Waals surface area contributed by atoms with E-state index in [1.807, 2.05) is 0 Å². The molecule has 116 valence electrons. The van der Waals surface area contributed by atoms with E-state index in [9.17, 15) is 31.7 Å². The fourth-order valence-electron chi connectivity index (χ4n) is 1.35. The molecule has 0 atom stereocenters. The molecule has 1 aromatic rings. The number of thiophene rings is 1. The largest absolute Gasteiger partial charge is 0.402 e. The normalized spacial score (nSPS) is 12.3. The van der Waals surface area contributed by atoms with E-state index >= 15 is 0 Å². The molecule has 21 heavy (non-hydrogen) atoms. The van der Waals surface area contributed by atoms with E-state index in [0.29, 0.717) is 17.4 Å². The third-order valence-corrected chi connectivity index (χ3v) is 5.06. The van der Waals surface area contributed by atoms with Gasteiger partial charge in [-0.2, -0.15) is 22.7 Å². The topological polar surface area (TPSA) is 104 Å². The van der Waals surface area contributed by atoms with Crippen LogP contribution in [0.15, 0.2) is 16.3 Å². The molecule has 0 amide bonds. The van der Waals surface area contributed by atoms with E-state index < -0.39 is 50.5 Å². The molecule has 0 unspecified atom stereocenters. The lowest BCUT2D eigenvalue weighted by atomic mass is 10.4. The van der Waals surface area contributed by atoms with Gasteiger partial charge in [0, 0.05) is 24.4 Å². The second kappa shape index (κ2) is 6.37. The Hall–Kier alpha value is -1.71. The van der Waals surface area contributed by atoms with Crippen LogP contribution < -0.4 is 0 Å². The maximum Gasteiger partial charge on any atom is 0.402 e. The van der Waals surface area contributed by atoms with Gasteiger partial charge in [-0.1, -0.05) is 11.3 Å². The predicted molar refractivity (Wildman–Crippen MR) is 66.0 cm³/mol. The van der Waals surface area contributed by atoms with Gasteiger partial charge in [0.1, 0.15) is 11.4 Å². The van der Waals surface area contributed by atoms with Crippen LogP contribution in [0.5, 0.6) is 0 Å². The predicted octanol–water partition coefficient (Wildman–Crippen LogP) is 2.12. The summed E-state index contributed by atoms with van der Waals surface area (Å²) in [5.41, 5.74) is 0. The zero-order valence-electron chi connectivity index (χ0n) is 10.2. The minimum atomic E-state index is -4.79. The summed E-state index contributed by atoms with van der Waals surface area (Å²) in [5.74, 6) is 0. The smallest absolute Gasteiger partial charge is 0.258 e. The maximum absolute atomic E-state index is 12.4. The van der Waals surface area contributed by atoms with E-state index in [2.05, 4.69) is 0 Å². The van der Waals surface area contributed by atoms with Gasteiger partial charge in [-0.15, -0.1) is 0 Å². The molecule has 0 bridgehead atoms. The van der Waals surface area contributed by atoms with Crippen molar-refractivity contribution in [3.8, 4) is 6.07 Å². The number of nitrogens with zero attached hydrogens (tertiary/aromatic N) is 3. The molecule has 0 saturated heterocycles. The minimum absolute atomic E-state index is 0.0853. The molecule has 0 aliphatic carbocycles. The Bertz CT molecular complexity index is 663. The van der Waals surface area contributed by atoms with Gasteiger partial charge in [0.15, 0.2) is 0 Å². The van der Waals surface area contributed by atoms with Crippen LogP contribution in [0.1, 0.15) is 6.42 Å². The first-order valence-corrected chi connectivity index (χ1v) is 7.56. The number of nitriles is 1. The molecule has 7 nitrogen and oxygen atoms in total. The first-order valence-electron chi connectivity index (χ1n) is 5.24. The molecule has 0 saturated carbocycles. The molecule has 0 aliphatic rings. The SMILES string of the molecule is N#CCCN(CC(F)(F)F)S(=O)(=O)c1csc([N+](=O)[O-])c1. The van der Waals surface area contributed by atoms with Crippen molar-refractivity contribution in [2.75, 3.05) is 13.1 Å². The summed E-state index contributed by atoms with van der Waals surface area (Å²) in [6.07, 6.45) is -5.22. The molecule has 0 fully saturated rings. The highest BCUT2D eigenvalue weighted by Gasteiger charge is 2.37. The number of hydrogen-bond donors (Lipinski definition) is 0. The van der Waals surface area contributed by atoms with Crippen molar-refractivity contribution in [1.29, 1.82) is 5.26 Å². The maximum atomic E-state index is 12.4. The van der Waals surface area contributed by atoms with Crippen LogP contribution in [0.25, 0.3) is 0 Å². The Morgan fingerprint density at radius 3 is 2.52 bits per heavy atom. The highest BCUT2D eigenvalue weighted by molar-refractivity contribution is 7.89. The number of rotatable bonds is 6. The van der Waals surface area contributed by atoms with Crippen molar-refractivity contribution in [3.63, 3.8) is 0 Å². The summed E-state index contributed by atoms with van der Waals surface area (Å²) in [7, 11) is -4.55. The van der Waals surface area contributed by atoms with E-state index in [-0.39, 0.29) is 4.31 Å². The van der Waals surface area contributed by atoms with Gasteiger partial charge in [-0.05, 0) is 0 Å². The van der Waals surface area contributed by atoms with E-state index in [0.717, 1.165) is 5.38 Å². The van der Waals surface area contributed by atoms with Crippen LogP contribution in [-0.4, -0.2) is 36.9 Å². The van der Waals surface area contributed by atoms with Gasteiger partial charge < -0.3 is 0 Å². The molecule has 0 aromatic carbocycles. The van der Waals surface area contributed by atoms with E-state index in [4.69, 9.17) is 5.26 Å².